The van der Waals surface area contributed by atoms with E-state index in [1.807, 2.05) is 12.1 Å². The van der Waals surface area contributed by atoms with Crippen molar-refractivity contribution in [2.45, 2.75) is 57.5 Å². The SMILES string of the molecule is COCO[C@@]1(Cc2cc(OCCCC3CC3)ccn2)C(=O)C(COC)CC[C@H]1CSC(C)=O. The van der Waals surface area contributed by atoms with Crippen LogP contribution in [0.2, 0.25) is 0 Å². The molecule has 0 bridgehead atoms. The molecule has 0 amide bonds. The molecule has 2 saturated carbocycles. The van der Waals surface area contributed by atoms with Gasteiger partial charge < -0.3 is 18.9 Å². The zero-order valence-electron chi connectivity index (χ0n) is 20.0. The predicted molar refractivity (Wildman–Crippen MR) is 127 cm³/mol. The lowest BCUT2D eigenvalue weighted by molar-refractivity contribution is -0.186. The number of ketones is 1. The largest absolute Gasteiger partial charge is 0.493 e. The monoisotopic (exact) mass is 479 g/mol. The Bertz CT molecular complexity index is 786. The summed E-state index contributed by atoms with van der Waals surface area (Å²) >= 11 is 1.24. The van der Waals surface area contributed by atoms with Crippen molar-refractivity contribution in [3.05, 3.63) is 24.0 Å². The van der Waals surface area contributed by atoms with E-state index in [1.165, 1.54) is 31.0 Å². The van der Waals surface area contributed by atoms with Crippen molar-refractivity contribution in [2.24, 2.45) is 17.8 Å². The summed E-state index contributed by atoms with van der Waals surface area (Å²) in [6.45, 7) is 2.56. The van der Waals surface area contributed by atoms with Gasteiger partial charge in [0.25, 0.3) is 0 Å². The number of ether oxygens (including phenoxy) is 4. The average molecular weight is 480 g/mol. The van der Waals surface area contributed by atoms with E-state index in [2.05, 4.69) is 4.98 Å². The number of Topliss-reactive ketones (excluding diaryl/α,β-unsaturated/α-hetero) is 1. The molecule has 33 heavy (non-hydrogen) atoms. The minimum Gasteiger partial charge on any atom is -0.493 e. The second kappa shape index (κ2) is 12.8. The normalized spacial score (nSPS) is 25.2. The number of thioether (sulfide) groups is 1. The maximum absolute atomic E-state index is 13.8. The Hall–Kier alpha value is -1.48. The number of rotatable bonds is 14. The topological polar surface area (TPSA) is 83.9 Å². The van der Waals surface area contributed by atoms with E-state index >= 15 is 0 Å². The lowest BCUT2D eigenvalue weighted by atomic mass is 9.68. The highest BCUT2D eigenvalue weighted by Crippen LogP contribution is 2.42. The Morgan fingerprint density at radius 1 is 1.21 bits per heavy atom. The average Bonchev–Trinajstić information content (AvgIpc) is 3.62. The third-order valence-corrected chi connectivity index (χ3v) is 7.53. The number of hydrogen-bond donors (Lipinski definition) is 0. The molecular formula is C25H37NO6S. The molecule has 7 nitrogen and oxygen atoms in total. The molecule has 184 valence electrons. The molecule has 1 aromatic heterocycles. The van der Waals surface area contributed by atoms with Crippen LogP contribution >= 0.6 is 11.8 Å². The molecule has 2 aliphatic carbocycles. The minimum atomic E-state index is -1.13. The first-order chi connectivity index (χ1) is 16.0. The molecule has 1 unspecified atom stereocenters. The fraction of sp³-hybridized carbons (Fsp3) is 0.720. The molecule has 0 spiro atoms. The number of carbonyl (C=O) groups is 2. The Morgan fingerprint density at radius 3 is 2.73 bits per heavy atom. The van der Waals surface area contributed by atoms with E-state index < -0.39 is 5.60 Å². The second-order valence-corrected chi connectivity index (χ2v) is 10.3. The summed E-state index contributed by atoms with van der Waals surface area (Å²) in [5.41, 5.74) is -0.396. The van der Waals surface area contributed by atoms with E-state index in [0.717, 1.165) is 30.2 Å². The molecule has 1 aromatic rings. The highest BCUT2D eigenvalue weighted by Gasteiger charge is 2.52. The van der Waals surface area contributed by atoms with E-state index in [0.29, 0.717) is 31.8 Å². The summed E-state index contributed by atoms with van der Waals surface area (Å²) in [4.78, 5) is 30.0. The Balaban J connectivity index is 1.79. The van der Waals surface area contributed by atoms with Crippen LogP contribution < -0.4 is 4.74 Å². The number of aromatic nitrogens is 1. The molecule has 0 radical (unpaired) electrons. The van der Waals surface area contributed by atoms with Crippen molar-refractivity contribution in [1.82, 2.24) is 4.98 Å². The summed E-state index contributed by atoms with van der Waals surface area (Å²) in [7, 11) is 3.15. The zero-order chi connectivity index (χ0) is 23.7. The highest BCUT2D eigenvalue weighted by atomic mass is 32.2. The maximum atomic E-state index is 13.8. The number of pyridine rings is 1. The summed E-state index contributed by atoms with van der Waals surface area (Å²) in [5, 5.41) is 0.0295. The summed E-state index contributed by atoms with van der Waals surface area (Å²) in [6, 6.07) is 3.75. The van der Waals surface area contributed by atoms with Crippen LogP contribution in [-0.2, 0) is 30.2 Å². The van der Waals surface area contributed by atoms with Crippen LogP contribution in [0.4, 0.5) is 0 Å². The van der Waals surface area contributed by atoms with Gasteiger partial charge in [-0.2, -0.15) is 0 Å². The third-order valence-electron chi connectivity index (χ3n) is 6.56. The van der Waals surface area contributed by atoms with Crippen molar-refractivity contribution < 1.29 is 28.5 Å². The molecule has 8 heteroatoms. The number of carbonyl (C=O) groups excluding carboxylic acids is 2. The van der Waals surface area contributed by atoms with Gasteiger partial charge in [-0.25, -0.2) is 0 Å². The van der Waals surface area contributed by atoms with Gasteiger partial charge in [-0.3, -0.25) is 14.6 Å². The van der Waals surface area contributed by atoms with Crippen molar-refractivity contribution >= 4 is 22.7 Å². The van der Waals surface area contributed by atoms with Crippen LogP contribution in [0.25, 0.3) is 0 Å². The second-order valence-electron chi connectivity index (χ2n) is 9.13. The van der Waals surface area contributed by atoms with E-state index in [-0.39, 0.29) is 29.5 Å². The van der Waals surface area contributed by atoms with Crippen LogP contribution in [-0.4, -0.2) is 61.5 Å². The van der Waals surface area contributed by atoms with Crippen LogP contribution in [0.15, 0.2) is 18.3 Å². The van der Waals surface area contributed by atoms with E-state index in [4.69, 9.17) is 18.9 Å². The summed E-state index contributed by atoms with van der Waals surface area (Å²) in [6.07, 6.45) is 8.47. The predicted octanol–water partition coefficient (Wildman–Crippen LogP) is 4.07. The van der Waals surface area contributed by atoms with E-state index in [1.54, 1.807) is 27.3 Å². The molecule has 0 saturated heterocycles. The van der Waals surface area contributed by atoms with Gasteiger partial charge in [0.2, 0.25) is 0 Å². The van der Waals surface area contributed by atoms with Crippen LogP contribution in [0.1, 0.15) is 51.1 Å². The lowest BCUT2D eigenvalue weighted by Crippen LogP contribution is -2.57. The zero-order valence-corrected chi connectivity index (χ0v) is 20.9. The van der Waals surface area contributed by atoms with Crippen molar-refractivity contribution in [1.29, 1.82) is 0 Å². The quantitative estimate of drug-likeness (QED) is 0.292. The van der Waals surface area contributed by atoms with Crippen molar-refractivity contribution in [3.8, 4) is 5.75 Å². The first-order valence-corrected chi connectivity index (χ1v) is 12.8. The maximum Gasteiger partial charge on any atom is 0.185 e. The van der Waals surface area contributed by atoms with Crippen molar-refractivity contribution in [2.75, 3.05) is 40.0 Å². The van der Waals surface area contributed by atoms with Gasteiger partial charge >= 0.3 is 0 Å². The molecule has 2 fully saturated rings. The molecule has 0 N–H and O–H groups in total. The first kappa shape index (κ1) is 26.1. The van der Waals surface area contributed by atoms with Crippen molar-refractivity contribution in [3.63, 3.8) is 0 Å². The molecular weight excluding hydrogens is 442 g/mol. The minimum absolute atomic E-state index is 0.000595. The van der Waals surface area contributed by atoms with Crippen LogP contribution in [0.5, 0.6) is 5.75 Å². The smallest absolute Gasteiger partial charge is 0.185 e. The van der Waals surface area contributed by atoms with Gasteiger partial charge in [-0.15, -0.1) is 0 Å². The highest BCUT2D eigenvalue weighted by molar-refractivity contribution is 8.13. The van der Waals surface area contributed by atoms with Gasteiger partial charge in [0.1, 0.15) is 18.1 Å². The number of nitrogens with zero attached hydrogens (tertiary/aromatic N) is 1. The number of hydrogen-bond acceptors (Lipinski definition) is 8. The Morgan fingerprint density at radius 2 is 2.03 bits per heavy atom. The van der Waals surface area contributed by atoms with E-state index in [9.17, 15) is 9.59 Å². The Kier molecular flexibility index (Phi) is 10.2. The fourth-order valence-electron chi connectivity index (χ4n) is 4.63. The van der Waals surface area contributed by atoms with Gasteiger partial charge in [0.05, 0.1) is 13.2 Å². The molecule has 2 aliphatic rings. The van der Waals surface area contributed by atoms with Crippen LogP contribution in [0.3, 0.4) is 0 Å². The fourth-order valence-corrected chi connectivity index (χ4v) is 5.50. The van der Waals surface area contributed by atoms with Gasteiger partial charge in [-0.1, -0.05) is 24.6 Å². The third kappa shape index (κ3) is 7.50. The molecule has 3 rings (SSSR count). The molecule has 0 aliphatic heterocycles. The van der Waals surface area contributed by atoms with Crippen LogP contribution in [0, 0.1) is 17.8 Å². The van der Waals surface area contributed by atoms with Gasteiger partial charge in [0, 0.05) is 63.1 Å². The van der Waals surface area contributed by atoms with Gasteiger partial charge in [-0.05, 0) is 37.7 Å². The standard InChI is InChI=1S/C25H37NO6S/c1-18(27)33-16-21-9-8-20(15-29-2)24(28)25(21,32-17-30-3)14-22-13-23(10-11-26-22)31-12-4-5-19-6-7-19/h10-11,13,19-21H,4-9,12,14-17H2,1-3H3/t20?,21-,25+/m0/s1. The molecule has 0 aromatic carbocycles. The number of methoxy groups -OCH3 is 2. The molecule has 3 atom stereocenters. The summed E-state index contributed by atoms with van der Waals surface area (Å²) in [5.74, 6) is 1.77. The Labute approximate surface area is 201 Å². The lowest BCUT2D eigenvalue weighted by Gasteiger charge is -2.44. The molecule has 1 heterocycles. The first-order valence-electron chi connectivity index (χ1n) is 11.9. The summed E-state index contributed by atoms with van der Waals surface area (Å²) < 4.78 is 22.7. The van der Waals surface area contributed by atoms with Gasteiger partial charge in [0.15, 0.2) is 10.9 Å².